The Hall–Kier alpha value is -4.37. The molecule has 41 heavy (non-hydrogen) atoms. The van der Waals surface area contributed by atoms with Gasteiger partial charge in [-0.05, 0) is 51.4 Å². The Balaban J connectivity index is 1.38. The Morgan fingerprint density at radius 1 is 1.24 bits per heavy atom. The van der Waals surface area contributed by atoms with Crippen LogP contribution in [0.3, 0.4) is 0 Å². The number of likely N-dealkylation sites (N-methyl/N-ethyl adjacent to an activating group) is 1. The Bertz CT molecular complexity index is 1600. The summed E-state index contributed by atoms with van der Waals surface area (Å²) < 4.78 is 11.8. The van der Waals surface area contributed by atoms with Gasteiger partial charge in [-0.3, -0.25) is 9.78 Å². The summed E-state index contributed by atoms with van der Waals surface area (Å²) in [5.41, 5.74) is 5.67. The number of carbonyl (C=O) groups excluding carboxylic acids is 1. The van der Waals surface area contributed by atoms with E-state index in [4.69, 9.17) is 14.1 Å². The van der Waals surface area contributed by atoms with E-state index in [0.717, 1.165) is 47.6 Å². The summed E-state index contributed by atoms with van der Waals surface area (Å²) in [5.74, 6) is -0.284. The van der Waals surface area contributed by atoms with Crippen LogP contribution >= 0.6 is 0 Å². The van der Waals surface area contributed by atoms with Crippen molar-refractivity contribution in [3.63, 3.8) is 0 Å². The second-order valence-corrected chi connectivity index (χ2v) is 10.9. The van der Waals surface area contributed by atoms with Crippen molar-refractivity contribution in [1.29, 1.82) is 5.26 Å². The van der Waals surface area contributed by atoms with Crippen molar-refractivity contribution in [3.05, 3.63) is 51.8 Å². The number of hydrogen-bond donors (Lipinski definition) is 1. The predicted octanol–water partition coefficient (Wildman–Crippen LogP) is 1.96. The third-order valence-electron chi connectivity index (χ3n) is 8.49. The van der Waals surface area contributed by atoms with E-state index in [1.54, 1.807) is 11.1 Å². The number of carbonyl (C=O) groups is 1. The third kappa shape index (κ3) is 4.91. The lowest BCUT2D eigenvalue weighted by Gasteiger charge is -2.39. The summed E-state index contributed by atoms with van der Waals surface area (Å²) in [4.78, 5) is 44.5. The molecule has 3 aromatic heterocycles. The molecule has 12 nitrogen and oxygen atoms in total. The van der Waals surface area contributed by atoms with Crippen LogP contribution in [0.1, 0.15) is 35.2 Å². The fraction of sp³-hybridized carbons (Fsp3) is 0.483. The molecule has 3 aliphatic heterocycles. The molecule has 6 heterocycles. The number of amides is 1. The van der Waals surface area contributed by atoms with Gasteiger partial charge in [-0.1, -0.05) is 6.58 Å². The van der Waals surface area contributed by atoms with E-state index in [0.29, 0.717) is 75.0 Å². The molecule has 1 unspecified atom stereocenters. The first kappa shape index (κ1) is 26.8. The normalized spacial score (nSPS) is 19.3. The maximum absolute atomic E-state index is 12.2. The van der Waals surface area contributed by atoms with Gasteiger partial charge in [0.2, 0.25) is 11.8 Å². The van der Waals surface area contributed by atoms with E-state index in [9.17, 15) is 14.9 Å². The lowest BCUT2D eigenvalue weighted by Crippen LogP contribution is -2.49. The number of rotatable bonds is 6. The molecule has 6 rings (SSSR count). The quantitative estimate of drug-likeness (QED) is 0.447. The van der Waals surface area contributed by atoms with E-state index in [2.05, 4.69) is 44.4 Å². The van der Waals surface area contributed by atoms with E-state index in [1.807, 2.05) is 6.92 Å². The molecule has 1 amide bonds. The molecule has 0 bridgehead atoms. The van der Waals surface area contributed by atoms with Gasteiger partial charge in [-0.25, -0.2) is 14.8 Å². The average molecular weight is 559 g/mol. The van der Waals surface area contributed by atoms with E-state index < -0.39 is 5.76 Å². The molecule has 0 radical (unpaired) electrons. The predicted molar refractivity (Wildman–Crippen MR) is 153 cm³/mol. The van der Waals surface area contributed by atoms with Crippen molar-refractivity contribution in [2.24, 2.45) is 0 Å². The smallest absolute Gasteiger partial charge is 0.418 e. The number of nitriles is 1. The maximum Gasteiger partial charge on any atom is 0.418 e. The number of aromatic nitrogens is 3. The highest BCUT2D eigenvalue weighted by Gasteiger charge is 2.33. The van der Waals surface area contributed by atoms with Gasteiger partial charge in [0.1, 0.15) is 18.2 Å². The van der Waals surface area contributed by atoms with Gasteiger partial charge in [-0.15, -0.1) is 0 Å². The number of piperazine rings is 1. The van der Waals surface area contributed by atoms with E-state index >= 15 is 0 Å². The van der Waals surface area contributed by atoms with Crippen molar-refractivity contribution >= 4 is 28.5 Å². The number of hydrogen-bond acceptors (Lipinski definition) is 10. The van der Waals surface area contributed by atoms with Crippen molar-refractivity contribution < 1.29 is 13.9 Å². The van der Waals surface area contributed by atoms with Crippen LogP contribution in [-0.4, -0.2) is 89.6 Å². The number of H-pyrrole nitrogens is 1. The molecular formula is C29H34N8O4. The number of nitrogens with zero attached hydrogens (tertiary/aromatic N) is 7. The highest BCUT2D eigenvalue weighted by molar-refractivity contribution is 5.87. The lowest BCUT2D eigenvalue weighted by molar-refractivity contribution is -0.126. The number of likely N-dealkylation sites (tertiary alicyclic amines) is 1. The number of ether oxygens (including phenoxy) is 1. The SMILES string of the molecule is C=CC(=O)N1CCN(c2c(C#N)c(OCC3CCCN3C)nc3c2CCN(c2c(C)cnc4[nH]c(=O)oc24)C3)CC1. The summed E-state index contributed by atoms with van der Waals surface area (Å²) in [6.07, 6.45) is 5.88. The minimum atomic E-state index is -0.544. The Kier molecular flexibility index (Phi) is 7.13. The Morgan fingerprint density at radius 3 is 2.76 bits per heavy atom. The summed E-state index contributed by atoms with van der Waals surface area (Å²) in [6, 6.07) is 2.68. The zero-order valence-corrected chi connectivity index (χ0v) is 23.5. The highest BCUT2D eigenvalue weighted by atomic mass is 16.5. The lowest BCUT2D eigenvalue weighted by atomic mass is 9.97. The van der Waals surface area contributed by atoms with E-state index in [1.165, 1.54) is 6.08 Å². The zero-order valence-electron chi connectivity index (χ0n) is 23.5. The number of nitrogens with one attached hydrogen (secondary N) is 1. The topological polar surface area (TPSA) is 135 Å². The van der Waals surface area contributed by atoms with Gasteiger partial charge in [0.25, 0.3) is 0 Å². The fourth-order valence-electron chi connectivity index (χ4n) is 6.29. The second-order valence-electron chi connectivity index (χ2n) is 10.9. The van der Waals surface area contributed by atoms with Crippen molar-refractivity contribution in [2.75, 3.05) is 62.7 Å². The number of aromatic amines is 1. The first-order chi connectivity index (χ1) is 19.9. The summed E-state index contributed by atoms with van der Waals surface area (Å²) in [5, 5.41) is 10.4. The van der Waals surface area contributed by atoms with Crippen LogP contribution in [0.25, 0.3) is 11.2 Å². The monoisotopic (exact) mass is 558 g/mol. The molecule has 2 saturated heterocycles. The van der Waals surface area contributed by atoms with Crippen LogP contribution in [0.5, 0.6) is 5.88 Å². The first-order valence-corrected chi connectivity index (χ1v) is 14.1. The summed E-state index contributed by atoms with van der Waals surface area (Å²) >= 11 is 0. The average Bonchev–Trinajstić information content (AvgIpc) is 3.58. The van der Waals surface area contributed by atoms with Gasteiger partial charge in [0, 0.05) is 50.5 Å². The molecule has 0 spiro atoms. The molecule has 1 atom stereocenters. The van der Waals surface area contributed by atoms with Crippen LogP contribution in [0, 0.1) is 18.3 Å². The number of oxazole rings is 1. The van der Waals surface area contributed by atoms with E-state index in [-0.39, 0.29) is 11.9 Å². The van der Waals surface area contributed by atoms with Gasteiger partial charge in [-0.2, -0.15) is 5.26 Å². The van der Waals surface area contributed by atoms with Crippen LogP contribution in [0.15, 0.2) is 28.1 Å². The van der Waals surface area contributed by atoms with Gasteiger partial charge in [0.05, 0.1) is 23.6 Å². The number of fused-ring (bicyclic) bond motifs is 2. The molecule has 1 N–H and O–H groups in total. The molecule has 3 aromatic rings. The minimum absolute atomic E-state index is 0.0855. The standard InChI is InChI=1S/C29H34N8O4/c1-4-23(38)35-10-12-36(13-11-35)25-20-7-9-37(24-18(2)15-31-27-26(24)41-29(39)33-27)16-22(20)32-28(21(25)14-30)40-17-19-6-5-8-34(19)3/h4,15,19H,1,5-13,16-17H2,2-3H3,(H,31,33,39). The molecule has 0 aromatic carbocycles. The van der Waals surface area contributed by atoms with Gasteiger partial charge < -0.3 is 28.8 Å². The molecule has 2 fully saturated rings. The Morgan fingerprint density at radius 2 is 2.05 bits per heavy atom. The minimum Gasteiger partial charge on any atom is -0.475 e. The second kappa shape index (κ2) is 10.9. The van der Waals surface area contributed by atoms with Gasteiger partial charge in [0.15, 0.2) is 11.2 Å². The van der Waals surface area contributed by atoms with Crippen LogP contribution in [-0.2, 0) is 17.8 Å². The molecule has 0 saturated carbocycles. The molecule has 3 aliphatic rings. The van der Waals surface area contributed by atoms with Crippen LogP contribution < -0.4 is 20.3 Å². The third-order valence-corrected chi connectivity index (χ3v) is 8.49. The number of pyridine rings is 2. The molecule has 12 heteroatoms. The summed E-state index contributed by atoms with van der Waals surface area (Å²) in [6.45, 7) is 10.4. The van der Waals surface area contributed by atoms with Crippen molar-refractivity contribution in [3.8, 4) is 11.9 Å². The van der Waals surface area contributed by atoms with Crippen molar-refractivity contribution in [1.82, 2.24) is 24.8 Å². The maximum atomic E-state index is 12.2. The van der Waals surface area contributed by atoms with Crippen LogP contribution in [0.2, 0.25) is 0 Å². The van der Waals surface area contributed by atoms with Gasteiger partial charge >= 0.3 is 5.76 Å². The number of anilines is 2. The van der Waals surface area contributed by atoms with Crippen LogP contribution in [0.4, 0.5) is 11.4 Å². The fourth-order valence-corrected chi connectivity index (χ4v) is 6.29. The largest absolute Gasteiger partial charge is 0.475 e. The highest BCUT2D eigenvalue weighted by Crippen LogP contribution is 2.39. The molecule has 214 valence electrons. The number of aryl methyl sites for hydroxylation is 1. The zero-order chi connectivity index (χ0) is 28.7. The first-order valence-electron chi connectivity index (χ1n) is 14.1. The Labute approximate surface area is 237 Å². The molecule has 0 aliphatic carbocycles. The summed E-state index contributed by atoms with van der Waals surface area (Å²) in [7, 11) is 2.09. The van der Waals surface area contributed by atoms with Crippen molar-refractivity contribution in [2.45, 2.75) is 38.8 Å². The molecular weight excluding hydrogens is 524 g/mol.